The SMILES string of the molecule is CC(NCCNC(C)(C)C)C1CC1. The van der Waals surface area contributed by atoms with Gasteiger partial charge in [-0.25, -0.2) is 0 Å². The molecular formula is C11H24N2. The Morgan fingerprint density at radius 1 is 1.23 bits per heavy atom. The van der Waals surface area contributed by atoms with Crippen molar-refractivity contribution in [1.29, 1.82) is 0 Å². The molecule has 1 rings (SSSR count). The molecule has 1 aliphatic carbocycles. The molecule has 0 spiro atoms. The zero-order valence-corrected chi connectivity index (χ0v) is 9.48. The first-order valence-electron chi connectivity index (χ1n) is 5.47. The van der Waals surface area contributed by atoms with Gasteiger partial charge in [0.25, 0.3) is 0 Å². The third-order valence-electron chi connectivity index (χ3n) is 2.58. The van der Waals surface area contributed by atoms with Gasteiger partial charge in [0, 0.05) is 24.7 Å². The number of hydrogen-bond acceptors (Lipinski definition) is 2. The smallest absolute Gasteiger partial charge is 0.00970 e. The van der Waals surface area contributed by atoms with Crippen molar-refractivity contribution in [2.75, 3.05) is 13.1 Å². The van der Waals surface area contributed by atoms with Crippen molar-refractivity contribution in [3.05, 3.63) is 0 Å². The van der Waals surface area contributed by atoms with E-state index in [4.69, 9.17) is 0 Å². The molecule has 1 unspecified atom stereocenters. The summed E-state index contributed by atoms with van der Waals surface area (Å²) in [5.41, 5.74) is 0.254. The predicted molar refractivity (Wildman–Crippen MR) is 57.9 cm³/mol. The van der Waals surface area contributed by atoms with Crippen LogP contribution in [0.3, 0.4) is 0 Å². The van der Waals surface area contributed by atoms with E-state index >= 15 is 0 Å². The van der Waals surface area contributed by atoms with Crippen LogP contribution in [-0.2, 0) is 0 Å². The van der Waals surface area contributed by atoms with E-state index in [2.05, 4.69) is 38.3 Å². The Morgan fingerprint density at radius 2 is 1.85 bits per heavy atom. The van der Waals surface area contributed by atoms with Crippen molar-refractivity contribution in [2.45, 2.75) is 52.1 Å². The zero-order valence-electron chi connectivity index (χ0n) is 9.48. The van der Waals surface area contributed by atoms with Gasteiger partial charge in [-0.15, -0.1) is 0 Å². The Hall–Kier alpha value is -0.0800. The largest absolute Gasteiger partial charge is 0.313 e. The van der Waals surface area contributed by atoms with Gasteiger partial charge in [0.05, 0.1) is 0 Å². The van der Waals surface area contributed by atoms with Crippen molar-refractivity contribution in [2.24, 2.45) is 5.92 Å². The average Bonchev–Trinajstić information content (AvgIpc) is 2.77. The van der Waals surface area contributed by atoms with Gasteiger partial charge in [0.2, 0.25) is 0 Å². The minimum absolute atomic E-state index is 0.254. The molecule has 0 amide bonds. The Labute approximate surface area is 82.5 Å². The lowest BCUT2D eigenvalue weighted by molar-refractivity contribution is 0.405. The van der Waals surface area contributed by atoms with Crippen molar-refractivity contribution in [3.8, 4) is 0 Å². The first kappa shape index (κ1) is 11.0. The third kappa shape index (κ3) is 5.27. The van der Waals surface area contributed by atoms with Crippen LogP contribution in [0.5, 0.6) is 0 Å². The van der Waals surface area contributed by atoms with E-state index in [-0.39, 0.29) is 5.54 Å². The molecule has 0 saturated heterocycles. The number of hydrogen-bond donors (Lipinski definition) is 2. The van der Waals surface area contributed by atoms with Crippen LogP contribution in [0.1, 0.15) is 40.5 Å². The van der Waals surface area contributed by atoms with Crippen molar-refractivity contribution in [3.63, 3.8) is 0 Å². The fourth-order valence-corrected chi connectivity index (χ4v) is 1.50. The lowest BCUT2D eigenvalue weighted by atomic mass is 10.1. The van der Waals surface area contributed by atoms with Crippen molar-refractivity contribution >= 4 is 0 Å². The maximum absolute atomic E-state index is 3.55. The number of rotatable bonds is 5. The van der Waals surface area contributed by atoms with Gasteiger partial charge in [-0.2, -0.15) is 0 Å². The standard InChI is InChI=1S/C11H24N2/c1-9(10-5-6-10)12-7-8-13-11(2,3)4/h9-10,12-13H,5-8H2,1-4H3. The van der Waals surface area contributed by atoms with Gasteiger partial charge >= 0.3 is 0 Å². The highest BCUT2D eigenvalue weighted by atomic mass is 15.0. The van der Waals surface area contributed by atoms with Crippen LogP contribution in [0.2, 0.25) is 0 Å². The first-order chi connectivity index (χ1) is 5.99. The van der Waals surface area contributed by atoms with Crippen LogP contribution in [-0.4, -0.2) is 24.7 Å². The van der Waals surface area contributed by atoms with Gasteiger partial charge in [-0.3, -0.25) is 0 Å². The molecule has 1 aliphatic rings. The molecule has 0 radical (unpaired) electrons. The van der Waals surface area contributed by atoms with Crippen LogP contribution in [0.4, 0.5) is 0 Å². The molecule has 2 N–H and O–H groups in total. The lowest BCUT2D eigenvalue weighted by Gasteiger charge is -2.21. The second kappa shape index (κ2) is 4.43. The fraction of sp³-hybridized carbons (Fsp3) is 1.00. The monoisotopic (exact) mass is 184 g/mol. The van der Waals surface area contributed by atoms with E-state index < -0.39 is 0 Å². The zero-order chi connectivity index (χ0) is 9.90. The summed E-state index contributed by atoms with van der Waals surface area (Å²) in [5, 5.41) is 7.03. The van der Waals surface area contributed by atoms with Crippen molar-refractivity contribution < 1.29 is 0 Å². The van der Waals surface area contributed by atoms with E-state index in [0.717, 1.165) is 25.0 Å². The molecule has 0 aromatic carbocycles. The van der Waals surface area contributed by atoms with Crippen LogP contribution in [0, 0.1) is 5.92 Å². The van der Waals surface area contributed by atoms with E-state index in [0.29, 0.717) is 0 Å². The molecule has 0 bridgehead atoms. The summed E-state index contributed by atoms with van der Waals surface area (Å²) in [6.07, 6.45) is 2.86. The Morgan fingerprint density at radius 3 is 2.31 bits per heavy atom. The normalized spacial score (nSPS) is 20.3. The predicted octanol–water partition coefficient (Wildman–Crippen LogP) is 1.76. The quantitative estimate of drug-likeness (QED) is 0.636. The molecule has 13 heavy (non-hydrogen) atoms. The van der Waals surface area contributed by atoms with Gasteiger partial charge in [0.15, 0.2) is 0 Å². The molecule has 2 nitrogen and oxygen atoms in total. The van der Waals surface area contributed by atoms with E-state index in [9.17, 15) is 0 Å². The molecule has 0 aromatic rings. The van der Waals surface area contributed by atoms with E-state index in [1.54, 1.807) is 0 Å². The summed E-state index contributed by atoms with van der Waals surface area (Å²) in [7, 11) is 0. The Balaban J connectivity index is 1.94. The first-order valence-corrected chi connectivity index (χ1v) is 5.47. The summed E-state index contributed by atoms with van der Waals surface area (Å²) in [6, 6.07) is 0.724. The molecule has 0 aliphatic heterocycles. The number of nitrogens with one attached hydrogen (secondary N) is 2. The third-order valence-corrected chi connectivity index (χ3v) is 2.58. The molecule has 1 fully saturated rings. The Kier molecular flexibility index (Phi) is 3.74. The van der Waals surface area contributed by atoms with E-state index in [1.165, 1.54) is 12.8 Å². The minimum atomic E-state index is 0.254. The summed E-state index contributed by atoms with van der Waals surface area (Å²) in [5.74, 6) is 0.967. The van der Waals surface area contributed by atoms with Crippen LogP contribution < -0.4 is 10.6 Å². The molecule has 1 atom stereocenters. The topological polar surface area (TPSA) is 24.1 Å². The molecular weight excluding hydrogens is 160 g/mol. The highest BCUT2D eigenvalue weighted by molar-refractivity contribution is 4.83. The van der Waals surface area contributed by atoms with Crippen LogP contribution in [0.15, 0.2) is 0 Å². The second-order valence-corrected chi connectivity index (χ2v) is 5.26. The minimum Gasteiger partial charge on any atom is -0.313 e. The van der Waals surface area contributed by atoms with Gasteiger partial charge in [-0.05, 0) is 46.5 Å². The van der Waals surface area contributed by atoms with Gasteiger partial charge in [0.1, 0.15) is 0 Å². The molecule has 1 saturated carbocycles. The maximum atomic E-state index is 3.55. The molecule has 0 heterocycles. The van der Waals surface area contributed by atoms with E-state index in [1.807, 2.05) is 0 Å². The molecule has 0 aromatic heterocycles. The maximum Gasteiger partial charge on any atom is 0.00970 e. The summed E-state index contributed by atoms with van der Waals surface area (Å²) in [4.78, 5) is 0. The summed E-state index contributed by atoms with van der Waals surface area (Å²) >= 11 is 0. The Bertz CT molecular complexity index is 145. The van der Waals surface area contributed by atoms with Gasteiger partial charge < -0.3 is 10.6 Å². The lowest BCUT2D eigenvalue weighted by Crippen LogP contribution is -2.42. The highest BCUT2D eigenvalue weighted by Crippen LogP contribution is 2.32. The summed E-state index contributed by atoms with van der Waals surface area (Å²) < 4.78 is 0. The van der Waals surface area contributed by atoms with Gasteiger partial charge in [-0.1, -0.05) is 0 Å². The summed E-state index contributed by atoms with van der Waals surface area (Å²) in [6.45, 7) is 11.1. The molecule has 78 valence electrons. The highest BCUT2D eigenvalue weighted by Gasteiger charge is 2.27. The fourth-order valence-electron chi connectivity index (χ4n) is 1.50. The average molecular weight is 184 g/mol. The van der Waals surface area contributed by atoms with Crippen LogP contribution in [0.25, 0.3) is 0 Å². The van der Waals surface area contributed by atoms with Crippen LogP contribution >= 0.6 is 0 Å². The van der Waals surface area contributed by atoms with Crippen molar-refractivity contribution in [1.82, 2.24) is 10.6 Å². The second-order valence-electron chi connectivity index (χ2n) is 5.26. The molecule has 2 heteroatoms.